The molecule has 1 aliphatic rings. The largest absolute Gasteiger partial charge is 0.353 e. The summed E-state index contributed by atoms with van der Waals surface area (Å²) in [6.45, 7) is 0.695. The topological polar surface area (TPSA) is 45.2 Å². The number of nitrogens with zero attached hydrogens (tertiary/aromatic N) is 2. The van der Waals surface area contributed by atoms with Crippen LogP contribution in [0.2, 0.25) is 5.02 Å². The third-order valence-corrected chi connectivity index (χ3v) is 4.60. The number of hydrogen-bond acceptors (Lipinski definition) is 3. The maximum atomic E-state index is 12.9. The number of para-hydroxylation sites is 2. The van der Waals surface area contributed by atoms with Gasteiger partial charge in [0.25, 0.3) is 5.91 Å². The average Bonchev–Trinajstić information content (AvgIpc) is 3.07. The molecular weight excluding hydrogens is 334 g/mol. The van der Waals surface area contributed by atoms with Gasteiger partial charge in [-0.2, -0.15) is 0 Å². The second kappa shape index (κ2) is 6.57. The molecule has 0 spiro atoms. The molecule has 1 amide bonds. The van der Waals surface area contributed by atoms with E-state index in [4.69, 9.17) is 11.6 Å². The van der Waals surface area contributed by atoms with Gasteiger partial charge in [-0.3, -0.25) is 9.78 Å². The second-order valence-electron chi connectivity index (χ2n) is 5.90. The van der Waals surface area contributed by atoms with Gasteiger partial charge in [0.15, 0.2) is 0 Å². The van der Waals surface area contributed by atoms with Gasteiger partial charge in [0.1, 0.15) is 0 Å². The fraction of sp³-hybridized carbons (Fsp3) is 0.100. The molecule has 2 aromatic carbocycles. The lowest BCUT2D eigenvalue weighted by Crippen LogP contribution is -2.29. The molecule has 0 saturated carbocycles. The number of fused-ring (bicyclic) bond motifs is 1. The molecule has 0 unspecified atom stereocenters. The molecular formula is C20H16ClN3O. The van der Waals surface area contributed by atoms with Crippen molar-refractivity contribution in [3.8, 4) is 0 Å². The normalized spacial score (nSPS) is 12.8. The van der Waals surface area contributed by atoms with E-state index in [0.717, 1.165) is 23.5 Å². The van der Waals surface area contributed by atoms with Crippen LogP contribution in [0.25, 0.3) is 0 Å². The fourth-order valence-electron chi connectivity index (χ4n) is 3.05. The van der Waals surface area contributed by atoms with E-state index in [1.165, 1.54) is 5.56 Å². The number of rotatable bonds is 3. The summed E-state index contributed by atoms with van der Waals surface area (Å²) in [5, 5.41) is 3.83. The zero-order chi connectivity index (χ0) is 17.2. The highest BCUT2D eigenvalue weighted by molar-refractivity contribution is 6.33. The zero-order valence-corrected chi connectivity index (χ0v) is 14.2. The molecule has 2 heterocycles. The van der Waals surface area contributed by atoms with Gasteiger partial charge in [-0.05, 0) is 36.2 Å². The number of nitrogens with one attached hydrogen (secondary N) is 1. The second-order valence-corrected chi connectivity index (χ2v) is 6.31. The number of hydrogen-bond donors (Lipinski definition) is 1. The number of amides is 1. The lowest BCUT2D eigenvalue weighted by molar-refractivity contribution is 0.0989. The van der Waals surface area contributed by atoms with Crippen LogP contribution < -0.4 is 10.2 Å². The van der Waals surface area contributed by atoms with Gasteiger partial charge in [-0.25, -0.2) is 0 Å². The summed E-state index contributed by atoms with van der Waals surface area (Å²) in [6, 6.07) is 17.3. The number of pyridine rings is 1. The number of benzene rings is 2. The predicted octanol–water partition coefficient (Wildman–Crippen LogP) is 4.68. The van der Waals surface area contributed by atoms with E-state index in [2.05, 4.69) is 16.4 Å². The minimum Gasteiger partial charge on any atom is -0.353 e. The Kier molecular flexibility index (Phi) is 4.12. The molecule has 0 bridgehead atoms. The van der Waals surface area contributed by atoms with E-state index in [1.54, 1.807) is 18.5 Å². The van der Waals surface area contributed by atoms with Crippen molar-refractivity contribution in [1.29, 1.82) is 0 Å². The van der Waals surface area contributed by atoms with Crippen molar-refractivity contribution in [2.75, 3.05) is 16.8 Å². The van der Waals surface area contributed by atoms with Crippen molar-refractivity contribution in [2.24, 2.45) is 0 Å². The quantitative estimate of drug-likeness (QED) is 0.746. The van der Waals surface area contributed by atoms with Crippen LogP contribution in [0.4, 0.5) is 17.1 Å². The van der Waals surface area contributed by atoms with Crippen LogP contribution in [0.1, 0.15) is 15.9 Å². The predicted molar refractivity (Wildman–Crippen MR) is 101 cm³/mol. The maximum Gasteiger partial charge on any atom is 0.259 e. The van der Waals surface area contributed by atoms with Gasteiger partial charge in [-0.15, -0.1) is 0 Å². The lowest BCUT2D eigenvalue weighted by atomic mass is 10.2. The smallest absolute Gasteiger partial charge is 0.259 e. The summed E-state index contributed by atoms with van der Waals surface area (Å²) in [5.41, 5.74) is 4.24. The lowest BCUT2D eigenvalue weighted by Gasteiger charge is -2.17. The Balaban J connectivity index is 1.60. The Hall–Kier alpha value is -2.85. The van der Waals surface area contributed by atoms with Crippen LogP contribution in [-0.4, -0.2) is 17.4 Å². The number of halogens is 1. The Bertz CT molecular complexity index is 941. The van der Waals surface area contributed by atoms with Crippen LogP contribution >= 0.6 is 11.6 Å². The highest BCUT2D eigenvalue weighted by Gasteiger charge is 2.25. The number of anilines is 3. The van der Waals surface area contributed by atoms with Crippen LogP contribution in [0.5, 0.6) is 0 Å². The molecule has 0 saturated heterocycles. The third-order valence-electron chi connectivity index (χ3n) is 4.27. The summed E-state index contributed by atoms with van der Waals surface area (Å²) in [7, 11) is 0. The van der Waals surface area contributed by atoms with Gasteiger partial charge >= 0.3 is 0 Å². The molecule has 0 radical (unpaired) electrons. The minimum absolute atomic E-state index is 0.0414. The Morgan fingerprint density at radius 3 is 2.76 bits per heavy atom. The summed E-state index contributed by atoms with van der Waals surface area (Å²) >= 11 is 6.18. The summed E-state index contributed by atoms with van der Waals surface area (Å²) in [4.78, 5) is 18.9. The van der Waals surface area contributed by atoms with E-state index >= 15 is 0 Å². The summed E-state index contributed by atoms with van der Waals surface area (Å²) < 4.78 is 0. The molecule has 0 aliphatic carbocycles. The molecule has 3 aromatic rings. The van der Waals surface area contributed by atoms with Crippen molar-refractivity contribution >= 4 is 34.6 Å². The monoisotopic (exact) mass is 349 g/mol. The third kappa shape index (κ3) is 3.08. The van der Waals surface area contributed by atoms with Crippen LogP contribution in [0.3, 0.4) is 0 Å². The van der Waals surface area contributed by atoms with E-state index in [9.17, 15) is 4.79 Å². The van der Waals surface area contributed by atoms with Crippen molar-refractivity contribution in [1.82, 2.24) is 4.98 Å². The summed E-state index contributed by atoms with van der Waals surface area (Å²) in [6.07, 6.45) is 4.16. The number of aromatic nitrogens is 1. The molecule has 4 nitrogen and oxygen atoms in total. The molecule has 124 valence electrons. The fourth-order valence-corrected chi connectivity index (χ4v) is 3.23. The molecule has 1 aliphatic heterocycles. The van der Waals surface area contributed by atoms with E-state index in [0.29, 0.717) is 17.1 Å². The Labute approximate surface area is 151 Å². The molecule has 4 rings (SSSR count). The van der Waals surface area contributed by atoms with Crippen molar-refractivity contribution in [3.63, 3.8) is 0 Å². The molecule has 0 atom stereocenters. The van der Waals surface area contributed by atoms with Gasteiger partial charge in [0.2, 0.25) is 0 Å². The SMILES string of the molecule is O=C(c1cncc(Nc2ccccc2Cl)c1)N1CCc2ccccc21. The van der Waals surface area contributed by atoms with Crippen LogP contribution in [-0.2, 0) is 6.42 Å². The first kappa shape index (κ1) is 15.7. The minimum atomic E-state index is -0.0414. The van der Waals surface area contributed by atoms with E-state index < -0.39 is 0 Å². The van der Waals surface area contributed by atoms with Crippen molar-refractivity contribution < 1.29 is 4.79 Å². The van der Waals surface area contributed by atoms with Crippen molar-refractivity contribution in [2.45, 2.75) is 6.42 Å². The molecule has 0 fully saturated rings. The maximum absolute atomic E-state index is 12.9. The van der Waals surface area contributed by atoms with Gasteiger partial charge in [0, 0.05) is 18.4 Å². The van der Waals surface area contributed by atoms with Gasteiger partial charge in [-0.1, -0.05) is 41.9 Å². The van der Waals surface area contributed by atoms with Crippen molar-refractivity contribution in [3.05, 3.63) is 83.1 Å². The molecule has 1 N–H and O–H groups in total. The highest BCUT2D eigenvalue weighted by Crippen LogP contribution is 2.30. The Morgan fingerprint density at radius 2 is 1.88 bits per heavy atom. The number of carbonyl (C=O) groups excluding carboxylic acids is 1. The molecule has 5 heteroatoms. The summed E-state index contributed by atoms with van der Waals surface area (Å²) in [5.74, 6) is -0.0414. The highest BCUT2D eigenvalue weighted by atomic mass is 35.5. The van der Waals surface area contributed by atoms with Gasteiger partial charge in [0.05, 0.1) is 28.2 Å². The van der Waals surface area contributed by atoms with Crippen LogP contribution in [0.15, 0.2) is 67.0 Å². The van der Waals surface area contributed by atoms with E-state index in [-0.39, 0.29) is 5.91 Å². The molecule has 1 aromatic heterocycles. The standard InChI is InChI=1S/C20H16ClN3O/c21-17-6-2-3-7-18(17)23-16-11-15(12-22-13-16)20(25)24-10-9-14-5-1-4-8-19(14)24/h1-8,11-13,23H,9-10H2. The molecule has 25 heavy (non-hydrogen) atoms. The first-order chi connectivity index (χ1) is 12.2. The number of carbonyl (C=O) groups is 1. The average molecular weight is 350 g/mol. The van der Waals surface area contributed by atoms with Gasteiger partial charge < -0.3 is 10.2 Å². The Morgan fingerprint density at radius 1 is 1.08 bits per heavy atom. The first-order valence-corrected chi connectivity index (χ1v) is 8.46. The first-order valence-electron chi connectivity index (χ1n) is 8.09. The van der Waals surface area contributed by atoms with Crippen LogP contribution in [0, 0.1) is 0 Å². The zero-order valence-electron chi connectivity index (χ0n) is 13.4. The van der Waals surface area contributed by atoms with E-state index in [1.807, 2.05) is 47.4 Å².